The highest BCUT2D eigenvalue weighted by Crippen LogP contribution is 2.24. The predicted molar refractivity (Wildman–Crippen MR) is 78.4 cm³/mol. The smallest absolute Gasteiger partial charge is 0.307 e. The van der Waals surface area contributed by atoms with E-state index in [9.17, 15) is 13.2 Å². The predicted octanol–water partition coefficient (Wildman–Crippen LogP) is 1.58. The molecule has 2 rings (SSSR count). The van der Waals surface area contributed by atoms with Crippen molar-refractivity contribution >= 4 is 26.9 Å². The molecule has 0 aliphatic carbocycles. The summed E-state index contributed by atoms with van der Waals surface area (Å²) in [5, 5.41) is 9.43. The van der Waals surface area contributed by atoms with Crippen molar-refractivity contribution < 1.29 is 18.3 Å². The van der Waals surface area contributed by atoms with Crippen LogP contribution < -0.4 is 0 Å². The van der Waals surface area contributed by atoms with Gasteiger partial charge in [-0.3, -0.25) is 9.78 Å². The molecular formula is C14H16N2O4S. The van der Waals surface area contributed by atoms with Gasteiger partial charge in [-0.25, -0.2) is 12.7 Å². The van der Waals surface area contributed by atoms with Crippen molar-refractivity contribution in [3.8, 4) is 0 Å². The Morgan fingerprint density at radius 3 is 2.71 bits per heavy atom. The van der Waals surface area contributed by atoms with Crippen LogP contribution in [-0.4, -0.2) is 42.4 Å². The van der Waals surface area contributed by atoms with Gasteiger partial charge in [0, 0.05) is 25.2 Å². The molecule has 0 amide bonds. The summed E-state index contributed by atoms with van der Waals surface area (Å²) in [5.74, 6) is -1.81. The lowest BCUT2D eigenvalue weighted by molar-refractivity contribution is -0.141. The standard InChI is InChI=1S/C14H16N2O4S/c1-10(14(17)18)9-16(2)21(19,20)13-7-3-6-12-11(13)5-4-8-15-12/h3-8,10H,9H2,1-2H3,(H,17,18). The van der Waals surface area contributed by atoms with E-state index in [0.29, 0.717) is 10.9 Å². The average molecular weight is 308 g/mol. The monoisotopic (exact) mass is 308 g/mol. The van der Waals surface area contributed by atoms with E-state index in [1.807, 2.05) is 0 Å². The van der Waals surface area contributed by atoms with Crippen molar-refractivity contribution in [2.24, 2.45) is 5.92 Å². The van der Waals surface area contributed by atoms with Crippen LogP contribution in [0.3, 0.4) is 0 Å². The van der Waals surface area contributed by atoms with Gasteiger partial charge in [-0.15, -0.1) is 0 Å². The number of nitrogens with zero attached hydrogens (tertiary/aromatic N) is 2. The van der Waals surface area contributed by atoms with Crippen molar-refractivity contribution in [1.82, 2.24) is 9.29 Å². The Bertz CT molecular complexity index is 768. The maximum Gasteiger partial charge on any atom is 0.307 e. The minimum absolute atomic E-state index is 0.0890. The quantitative estimate of drug-likeness (QED) is 0.906. The first-order valence-corrected chi connectivity index (χ1v) is 7.81. The fourth-order valence-electron chi connectivity index (χ4n) is 2.03. The van der Waals surface area contributed by atoms with E-state index < -0.39 is 21.9 Å². The van der Waals surface area contributed by atoms with Gasteiger partial charge in [0.2, 0.25) is 10.0 Å². The Hall–Kier alpha value is -1.99. The van der Waals surface area contributed by atoms with Gasteiger partial charge >= 0.3 is 5.97 Å². The van der Waals surface area contributed by atoms with Gasteiger partial charge in [0.1, 0.15) is 0 Å². The first-order chi connectivity index (χ1) is 9.84. The maximum atomic E-state index is 12.6. The van der Waals surface area contributed by atoms with Crippen molar-refractivity contribution in [1.29, 1.82) is 0 Å². The average Bonchev–Trinajstić information content (AvgIpc) is 2.46. The van der Waals surface area contributed by atoms with Crippen LogP contribution >= 0.6 is 0 Å². The second-order valence-electron chi connectivity index (χ2n) is 4.85. The number of benzene rings is 1. The molecule has 21 heavy (non-hydrogen) atoms. The third kappa shape index (κ3) is 3.03. The number of sulfonamides is 1. The van der Waals surface area contributed by atoms with Gasteiger partial charge in [0.25, 0.3) is 0 Å². The van der Waals surface area contributed by atoms with Crippen molar-refractivity contribution in [3.63, 3.8) is 0 Å². The molecule has 0 aliphatic rings. The SMILES string of the molecule is CC(CN(C)S(=O)(=O)c1cccc2ncccc12)C(=O)O. The van der Waals surface area contributed by atoms with Gasteiger partial charge < -0.3 is 5.11 Å². The first-order valence-electron chi connectivity index (χ1n) is 6.37. The molecule has 1 aromatic heterocycles. The molecule has 2 aromatic rings. The van der Waals surface area contributed by atoms with Crippen molar-refractivity contribution in [2.45, 2.75) is 11.8 Å². The fraction of sp³-hybridized carbons (Fsp3) is 0.286. The number of pyridine rings is 1. The zero-order valence-electron chi connectivity index (χ0n) is 11.7. The highest BCUT2D eigenvalue weighted by molar-refractivity contribution is 7.89. The summed E-state index contributed by atoms with van der Waals surface area (Å²) in [6.45, 7) is 1.38. The zero-order valence-corrected chi connectivity index (χ0v) is 12.5. The lowest BCUT2D eigenvalue weighted by atomic mass is 10.2. The van der Waals surface area contributed by atoms with Crippen molar-refractivity contribution in [2.75, 3.05) is 13.6 Å². The first kappa shape index (κ1) is 15.4. The minimum Gasteiger partial charge on any atom is -0.481 e. The van der Waals surface area contributed by atoms with E-state index >= 15 is 0 Å². The molecule has 0 aliphatic heterocycles. The number of carboxylic acid groups (broad SMARTS) is 1. The summed E-state index contributed by atoms with van der Waals surface area (Å²) >= 11 is 0. The maximum absolute atomic E-state index is 12.6. The molecule has 1 aromatic carbocycles. The van der Waals surface area contributed by atoms with E-state index in [1.165, 1.54) is 20.0 Å². The molecule has 7 heteroatoms. The Kier molecular flexibility index (Phi) is 4.24. The van der Waals surface area contributed by atoms with Crippen LogP contribution in [0.1, 0.15) is 6.92 Å². The minimum atomic E-state index is -3.76. The number of carbonyl (C=O) groups is 1. The molecule has 0 radical (unpaired) electrons. The number of hydrogen-bond donors (Lipinski definition) is 1. The van der Waals surface area contributed by atoms with Crippen LogP contribution in [0.2, 0.25) is 0 Å². The van der Waals surface area contributed by atoms with E-state index in [4.69, 9.17) is 5.11 Å². The molecule has 0 saturated carbocycles. The summed E-state index contributed by atoms with van der Waals surface area (Å²) in [5.41, 5.74) is 0.582. The summed E-state index contributed by atoms with van der Waals surface area (Å²) in [6, 6.07) is 8.21. The number of carboxylic acids is 1. The summed E-state index contributed by atoms with van der Waals surface area (Å²) in [4.78, 5) is 15.1. The van der Waals surface area contributed by atoms with Crippen LogP contribution in [0.5, 0.6) is 0 Å². The van der Waals surface area contributed by atoms with Crippen LogP contribution in [0, 0.1) is 5.92 Å². The van der Waals surface area contributed by atoms with E-state index in [0.717, 1.165) is 4.31 Å². The topological polar surface area (TPSA) is 87.6 Å². The highest BCUT2D eigenvalue weighted by atomic mass is 32.2. The third-order valence-electron chi connectivity index (χ3n) is 3.25. The van der Waals surface area contributed by atoms with Crippen LogP contribution in [0.4, 0.5) is 0 Å². The number of aromatic nitrogens is 1. The summed E-state index contributed by atoms with van der Waals surface area (Å²) in [7, 11) is -2.39. The molecule has 1 heterocycles. The Balaban J connectivity index is 2.45. The van der Waals surface area contributed by atoms with E-state index in [2.05, 4.69) is 4.98 Å². The van der Waals surface area contributed by atoms with Crippen LogP contribution in [0.15, 0.2) is 41.4 Å². The van der Waals surface area contributed by atoms with Gasteiger partial charge in [-0.05, 0) is 24.3 Å². The molecule has 0 saturated heterocycles. The van der Waals surface area contributed by atoms with Crippen LogP contribution in [-0.2, 0) is 14.8 Å². The third-order valence-corrected chi connectivity index (χ3v) is 5.13. The summed E-state index contributed by atoms with van der Waals surface area (Å²) in [6.07, 6.45) is 1.59. The number of hydrogen-bond acceptors (Lipinski definition) is 4. The number of fused-ring (bicyclic) bond motifs is 1. The molecule has 0 fully saturated rings. The lowest BCUT2D eigenvalue weighted by Gasteiger charge is -2.20. The molecule has 1 atom stereocenters. The van der Waals surface area contributed by atoms with E-state index in [1.54, 1.807) is 30.5 Å². The zero-order chi connectivity index (χ0) is 15.6. The van der Waals surface area contributed by atoms with E-state index in [-0.39, 0.29) is 11.4 Å². The molecule has 112 valence electrons. The van der Waals surface area contributed by atoms with Gasteiger partial charge in [0.05, 0.1) is 16.3 Å². The Morgan fingerprint density at radius 2 is 2.05 bits per heavy atom. The second-order valence-corrected chi connectivity index (χ2v) is 6.86. The fourth-order valence-corrected chi connectivity index (χ4v) is 3.49. The van der Waals surface area contributed by atoms with Crippen molar-refractivity contribution in [3.05, 3.63) is 36.5 Å². The Morgan fingerprint density at radius 1 is 1.33 bits per heavy atom. The molecule has 1 N–H and O–H groups in total. The number of rotatable bonds is 5. The lowest BCUT2D eigenvalue weighted by Crippen LogP contribution is -2.33. The molecule has 0 bridgehead atoms. The Labute approximate surface area is 123 Å². The van der Waals surface area contributed by atoms with Gasteiger partial charge in [-0.2, -0.15) is 0 Å². The van der Waals surface area contributed by atoms with Gasteiger partial charge in [-0.1, -0.05) is 13.0 Å². The second kappa shape index (κ2) is 5.79. The molecular weight excluding hydrogens is 292 g/mol. The molecule has 6 nitrogen and oxygen atoms in total. The normalized spacial score (nSPS) is 13.5. The largest absolute Gasteiger partial charge is 0.481 e. The van der Waals surface area contributed by atoms with Crippen LogP contribution in [0.25, 0.3) is 10.9 Å². The molecule has 0 spiro atoms. The highest BCUT2D eigenvalue weighted by Gasteiger charge is 2.26. The summed E-state index contributed by atoms with van der Waals surface area (Å²) < 4.78 is 26.3. The van der Waals surface area contributed by atoms with Gasteiger partial charge in [0.15, 0.2) is 0 Å². The molecule has 1 unspecified atom stereocenters. The number of aliphatic carboxylic acids is 1.